The molecule has 0 amide bonds. The van der Waals surface area contributed by atoms with Crippen LogP contribution in [0.15, 0.2) is 37.1 Å². The lowest BCUT2D eigenvalue weighted by Crippen LogP contribution is -2.14. The fourth-order valence-corrected chi connectivity index (χ4v) is 0.730. The minimum atomic E-state index is 0.231. The molecule has 0 aromatic heterocycles. The number of rotatable bonds is 6. The third-order valence-electron chi connectivity index (χ3n) is 1.95. The third kappa shape index (κ3) is 5.29. The van der Waals surface area contributed by atoms with Gasteiger partial charge in [-0.2, -0.15) is 0 Å². The first-order valence-electron chi connectivity index (χ1n) is 4.72. The molecule has 0 radical (unpaired) electrons. The summed E-state index contributed by atoms with van der Waals surface area (Å²) < 4.78 is 5.66. The molecule has 0 aromatic rings. The second kappa shape index (κ2) is 6.53. The average molecular weight is 180 g/mol. The first kappa shape index (κ1) is 12.0. The van der Waals surface area contributed by atoms with Crippen LogP contribution in [0.3, 0.4) is 0 Å². The predicted octanol–water partition coefficient (Wildman–Crippen LogP) is 3.69. The van der Waals surface area contributed by atoms with Crippen LogP contribution in [0.25, 0.3) is 0 Å². The van der Waals surface area contributed by atoms with Gasteiger partial charge in [0, 0.05) is 0 Å². The molecule has 1 atom stereocenters. The van der Waals surface area contributed by atoms with Crippen molar-refractivity contribution in [1.29, 1.82) is 0 Å². The van der Waals surface area contributed by atoms with Crippen molar-refractivity contribution in [3.05, 3.63) is 37.1 Å². The van der Waals surface area contributed by atoms with Crippen LogP contribution >= 0.6 is 0 Å². The van der Waals surface area contributed by atoms with Crippen molar-refractivity contribution in [2.45, 2.75) is 33.3 Å². The van der Waals surface area contributed by atoms with Gasteiger partial charge in [0.2, 0.25) is 0 Å². The molecule has 1 nitrogen and oxygen atoms in total. The SMILES string of the molecule is C=CC/C=C(\C=C)OC(C)C(C)C. The van der Waals surface area contributed by atoms with E-state index in [2.05, 4.69) is 33.9 Å². The Balaban J connectivity index is 4.11. The highest BCUT2D eigenvalue weighted by Crippen LogP contribution is 2.11. The maximum absolute atomic E-state index is 5.66. The number of allylic oxidation sites excluding steroid dienone is 3. The summed E-state index contributed by atoms with van der Waals surface area (Å²) in [5.41, 5.74) is 0. The summed E-state index contributed by atoms with van der Waals surface area (Å²) in [6.07, 6.45) is 6.62. The van der Waals surface area contributed by atoms with Gasteiger partial charge in [-0.05, 0) is 31.4 Å². The van der Waals surface area contributed by atoms with Crippen LogP contribution in [0.5, 0.6) is 0 Å². The zero-order valence-corrected chi connectivity index (χ0v) is 8.92. The van der Waals surface area contributed by atoms with Crippen molar-refractivity contribution in [2.75, 3.05) is 0 Å². The maximum atomic E-state index is 5.66. The van der Waals surface area contributed by atoms with Crippen LogP contribution in [0.1, 0.15) is 27.2 Å². The van der Waals surface area contributed by atoms with Gasteiger partial charge in [0.25, 0.3) is 0 Å². The molecule has 0 N–H and O–H groups in total. The van der Waals surface area contributed by atoms with E-state index in [1.54, 1.807) is 6.08 Å². The lowest BCUT2D eigenvalue weighted by atomic mass is 10.1. The second-order valence-corrected chi connectivity index (χ2v) is 3.40. The molecule has 0 saturated carbocycles. The Kier molecular flexibility index (Phi) is 6.03. The van der Waals surface area contributed by atoms with Crippen LogP contribution in [-0.4, -0.2) is 6.10 Å². The van der Waals surface area contributed by atoms with E-state index in [1.807, 2.05) is 12.2 Å². The Morgan fingerprint density at radius 2 is 1.92 bits per heavy atom. The number of hydrogen-bond acceptors (Lipinski definition) is 1. The third-order valence-corrected chi connectivity index (χ3v) is 1.95. The van der Waals surface area contributed by atoms with Crippen molar-refractivity contribution in [2.24, 2.45) is 5.92 Å². The summed E-state index contributed by atoms with van der Waals surface area (Å²) in [5, 5.41) is 0. The Labute approximate surface area is 81.8 Å². The second-order valence-electron chi connectivity index (χ2n) is 3.40. The summed E-state index contributed by atoms with van der Waals surface area (Å²) in [6.45, 7) is 13.7. The molecule has 0 aliphatic rings. The van der Waals surface area contributed by atoms with Gasteiger partial charge in [0.15, 0.2) is 0 Å². The lowest BCUT2D eigenvalue weighted by molar-refractivity contribution is 0.100. The van der Waals surface area contributed by atoms with E-state index >= 15 is 0 Å². The van der Waals surface area contributed by atoms with Gasteiger partial charge >= 0.3 is 0 Å². The summed E-state index contributed by atoms with van der Waals surface area (Å²) in [5.74, 6) is 1.37. The van der Waals surface area contributed by atoms with E-state index in [0.717, 1.165) is 12.2 Å². The molecule has 0 spiro atoms. The minimum absolute atomic E-state index is 0.231. The van der Waals surface area contributed by atoms with E-state index in [-0.39, 0.29) is 6.10 Å². The molecule has 0 aliphatic heterocycles. The molecule has 0 fully saturated rings. The molecule has 0 aliphatic carbocycles. The molecule has 1 unspecified atom stereocenters. The van der Waals surface area contributed by atoms with Crippen LogP contribution < -0.4 is 0 Å². The Morgan fingerprint density at radius 3 is 2.31 bits per heavy atom. The molecule has 0 aromatic carbocycles. The smallest absolute Gasteiger partial charge is 0.115 e. The van der Waals surface area contributed by atoms with Crippen molar-refractivity contribution in [3.63, 3.8) is 0 Å². The van der Waals surface area contributed by atoms with Crippen LogP contribution in [0.4, 0.5) is 0 Å². The Bertz CT molecular complexity index is 189. The molecule has 74 valence electrons. The van der Waals surface area contributed by atoms with Crippen molar-refractivity contribution < 1.29 is 4.74 Å². The maximum Gasteiger partial charge on any atom is 0.115 e. The van der Waals surface area contributed by atoms with Gasteiger partial charge < -0.3 is 4.74 Å². The van der Waals surface area contributed by atoms with Gasteiger partial charge in [0.05, 0.1) is 6.10 Å². The fraction of sp³-hybridized carbons (Fsp3) is 0.500. The quantitative estimate of drug-likeness (QED) is 0.344. The standard InChI is InChI=1S/C12H20O/c1-6-8-9-12(7-2)13-11(5)10(3)4/h6-7,9-11H,1-2,8H2,3-5H3/b12-9+. The minimum Gasteiger partial charge on any atom is -0.491 e. The molecule has 0 rings (SSSR count). The van der Waals surface area contributed by atoms with Crippen molar-refractivity contribution in [3.8, 4) is 0 Å². The number of hydrogen-bond donors (Lipinski definition) is 0. The van der Waals surface area contributed by atoms with E-state index in [9.17, 15) is 0 Å². The first-order chi connectivity index (χ1) is 6.11. The largest absolute Gasteiger partial charge is 0.491 e. The van der Waals surface area contributed by atoms with Crippen LogP contribution in [-0.2, 0) is 4.74 Å². The average Bonchev–Trinajstić information content (AvgIpc) is 2.11. The molecular weight excluding hydrogens is 160 g/mol. The lowest BCUT2D eigenvalue weighted by Gasteiger charge is -2.18. The molecule has 0 saturated heterocycles. The highest BCUT2D eigenvalue weighted by atomic mass is 16.5. The number of ether oxygens (including phenoxy) is 1. The summed E-state index contributed by atoms with van der Waals surface area (Å²) in [4.78, 5) is 0. The van der Waals surface area contributed by atoms with Gasteiger partial charge in [-0.15, -0.1) is 6.58 Å². The Hall–Kier alpha value is -0.980. The van der Waals surface area contributed by atoms with Crippen LogP contribution in [0.2, 0.25) is 0 Å². The highest BCUT2D eigenvalue weighted by molar-refractivity contribution is 5.10. The first-order valence-corrected chi connectivity index (χ1v) is 4.72. The zero-order valence-electron chi connectivity index (χ0n) is 8.92. The molecule has 0 heterocycles. The van der Waals surface area contributed by atoms with Gasteiger partial charge in [-0.3, -0.25) is 0 Å². The highest BCUT2D eigenvalue weighted by Gasteiger charge is 2.07. The molecule has 1 heteroatoms. The van der Waals surface area contributed by atoms with E-state index in [0.29, 0.717) is 5.92 Å². The van der Waals surface area contributed by atoms with Gasteiger partial charge in [0.1, 0.15) is 5.76 Å². The van der Waals surface area contributed by atoms with E-state index < -0.39 is 0 Å². The summed E-state index contributed by atoms with van der Waals surface area (Å²) in [7, 11) is 0. The molecule has 13 heavy (non-hydrogen) atoms. The topological polar surface area (TPSA) is 9.23 Å². The summed E-state index contributed by atoms with van der Waals surface area (Å²) in [6, 6.07) is 0. The molecule has 0 bridgehead atoms. The van der Waals surface area contributed by atoms with Crippen LogP contribution in [0, 0.1) is 5.92 Å². The Morgan fingerprint density at radius 1 is 1.31 bits per heavy atom. The van der Waals surface area contributed by atoms with Crippen molar-refractivity contribution >= 4 is 0 Å². The van der Waals surface area contributed by atoms with Crippen molar-refractivity contribution in [1.82, 2.24) is 0 Å². The van der Waals surface area contributed by atoms with Gasteiger partial charge in [-0.25, -0.2) is 0 Å². The normalized spacial score (nSPS) is 14.0. The molecular formula is C12H20O. The summed E-state index contributed by atoms with van der Waals surface area (Å²) >= 11 is 0. The van der Waals surface area contributed by atoms with Gasteiger partial charge in [-0.1, -0.05) is 26.5 Å². The van der Waals surface area contributed by atoms with E-state index in [4.69, 9.17) is 4.74 Å². The monoisotopic (exact) mass is 180 g/mol. The predicted molar refractivity (Wildman–Crippen MR) is 58.5 cm³/mol. The zero-order chi connectivity index (χ0) is 10.3. The fourth-order valence-electron chi connectivity index (χ4n) is 0.730. The van der Waals surface area contributed by atoms with E-state index in [1.165, 1.54) is 0 Å².